The Labute approximate surface area is 135 Å². The SMILES string of the molecule is O=C1OC(c2ccc(Cl)c([N+](=O)[O-])c2)=NC1=Cc1ccccn1. The Morgan fingerprint density at radius 2 is 2.09 bits per heavy atom. The van der Waals surface area contributed by atoms with Gasteiger partial charge in [0.25, 0.3) is 5.69 Å². The lowest BCUT2D eigenvalue weighted by molar-refractivity contribution is -0.384. The number of carbonyl (C=O) groups is 1. The van der Waals surface area contributed by atoms with Gasteiger partial charge in [0.1, 0.15) is 5.02 Å². The Balaban J connectivity index is 1.97. The molecular weight excluding hydrogens is 322 g/mol. The standard InChI is InChI=1S/C15H8ClN3O4/c16-11-5-4-9(7-13(11)19(21)22)14-18-12(15(20)23-14)8-10-3-1-2-6-17-10/h1-8H. The Kier molecular flexibility index (Phi) is 3.86. The monoisotopic (exact) mass is 329 g/mol. The third-order valence-electron chi connectivity index (χ3n) is 2.98. The number of nitrogens with zero attached hydrogens (tertiary/aromatic N) is 3. The molecule has 23 heavy (non-hydrogen) atoms. The van der Waals surface area contributed by atoms with E-state index in [1.165, 1.54) is 24.3 Å². The van der Waals surface area contributed by atoms with Gasteiger partial charge in [0.05, 0.1) is 10.6 Å². The number of halogens is 1. The van der Waals surface area contributed by atoms with Crippen LogP contribution in [0.1, 0.15) is 11.3 Å². The molecule has 1 aliphatic heterocycles. The normalized spacial score (nSPS) is 15.4. The molecule has 3 rings (SSSR count). The highest BCUT2D eigenvalue weighted by atomic mass is 35.5. The fraction of sp³-hybridized carbons (Fsp3) is 0. The van der Waals surface area contributed by atoms with E-state index in [9.17, 15) is 14.9 Å². The summed E-state index contributed by atoms with van der Waals surface area (Å²) in [6, 6.07) is 9.28. The molecule has 1 aromatic heterocycles. The van der Waals surface area contributed by atoms with Crippen LogP contribution >= 0.6 is 11.6 Å². The van der Waals surface area contributed by atoms with Gasteiger partial charge in [-0.05, 0) is 30.3 Å². The van der Waals surface area contributed by atoms with E-state index in [1.807, 2.05) is 0 Å². The summed E-state index contributed by atoms with van der Waals surface area (Å²) in [5, 5.41) is 10.9. The number of aromatic nitrogens is 1. The van der Waals surface area contributed by atoms with Crippen molar-refractivity contribution in [1.82, 2.24) is 4.98 Å². The molecule has 114 valence electrons. The first kappa shape index (κ1) is 14.9. The van der Waals surface area contributed by atoms with Crippen LogP contribution in [-0.2, 0) is 9.53 Å². The average Bonchev–Trinajstić information content (AvgIpc) is 2.89. The maximum Gasteiger partial charge on any atom is 0.363 e. The molecule has 0 aliphatic carbocycles. The lowest BCUT2D eigenvalue weighted by atomic mass is 10.2. The van der Waals surface area contributed by atoms with Crippen molar-refractivity contribution < 1.29 is 14.5 Å². The van der Waals surface area contributed by atoms with Crippen LogP contribution in [0.5, 0.6) is 0 Å². The zero-order valence-corrected chi connectivity index (χ0v) is 12.2. The van der Waals surface area contributed by atoms with Crippen molar-refractivity contribution in [3.63, 3.8) is 0 Å². The highest BCUT2D eigenvalue weighted by Crippen LogP contribution is 2.27. The number of nitro groups is 1. The molecule has 7 nitrogen and oxygen atoms in total. The fourth-order valence-electron chi connectivity index (χ4n) is 1.92. The maximum atomic E-state index is 11.9. The predicted molar refractivity (Wildman–Crippen MR) is 82.9 cm³/mol. The molecular formula is C15H8ClN3O4. The molecule has 0 saturated carbocycles. The largest absolute Gasteiger partial charge is 0.402 e. The van der Waals surface area contributed by atoms with Crippen molar-refractivity contribution in [3.05, 3.63) is 74.7 Å². The van der Waals surface area contributed by atoms with Gasteiger partial charge < -0.3 is 4.74 Å². The van der Waals surface area contributed by atoms with E-state index in [1.54, 1.807) is 24.4 Å². The number of cyclic esters (lactones) is 1. The first-order valence-corrected chi connectivity index (χ1v) is 6.80. The summed E-state index contributed by atoms with van der Waals surface area (Å²) in [6.07, 6.45) is 3.06. The minimum absolute atomic E-state index is 0.00655. The molecule has 0 bridgehead atoms. The van der Waals surface area contributed by atoms with Crippen LogP contribution in [0.4, 0.5) is 5.69 Å². The van der Waals surface area contributed by atoms with E-state index in [-0.39, 0.29) is 22.3 Å². The Morgan fingerprint density at radius 3 is 2.78 bits per heavy atom. The highest BCUT2D eigenvalue weighted by Gasteiger charge is 2.26. The number of hydrogen-bond acceptors (Lipinski definition) is 6. The third kappa shape index (κ3) is 3.09. The molecule has 0 unspecified atom stereocenters. The molecule has 0 N–H and O–H groups in total. The van der Waals surface area contributed by atoms with Crippen LogP contribution in [0, 0.1) is 10.1 Å². The Morgan fingerprint density at radius 1 is 1.26 bits per heavy atom. The van der Waals surface area contributed by atoms with Gasteiger partial charge in [-0.15, -0.1) is 0 Å². The molecule has 0 saturated heterocycles. The summed E-state index contributed by atoms with van der Waals surface area (Å²) < 4.78 is 5.06. The number of esters is 1. The molecule has 0 spiro atoms. The number of benzene rings is 1. The summed E-state index contributed by atoms with van der Waals surface area (Å²) in [7, 11) is 0. The van der Waals surface area contributed by atoms with Gasteiger partial charge >= 0.3 is 5.97 Å². The Bertz CT molecular complexity index is 862. The van der Waals surface area contributed by atoms with E-state index in [4.69, 9.17) is 16.3 Å². The lowest BCUT2D eigenvalue weighted by Crippen LogP contribution is -2.06. The van der Waals surface area contributed by atoms with Crippen LogP contribution in [0.15, 0.2) is 53.3 Å². The number of aliphatic imine (C=N–C) groups is 1. The zero-order valence-electron chi connectivity index (χ0n) is 11.5. The Hall–Kier alpha value is -3.06. The van der Waals surface area contributed by atoms with Crippen molar-refractivity contribution in [1.29, 1.82) is 0 Å². The maximum absolute atomic E-state index is 11.9. The van der Waals surface area contributed by atoms with Crippen molar-refractivity contribution in [2.24, 2.45) is 4.99 Å². The minimum Gasteiger partial charge on any atom is -0.402 e. The topological polar surface area (TPSA) is 94.7 Å². The number of ether oxygens (including phenoxy) is 1. The molecule has 0 radical (unpaired) electrons. The van der Waals surface area contributed by atoms with E-state index in [0.717, 1.165) is 0 Å². The first-order valence-electron chi connectivity index (χ1n) is 6.42. The van der Waals surface area contributed by atoms with Gasteiger partial charge in [-0.2, -0.15) is 0 Å². The second kappa shape index (κ2) is 5.98. The molecule has 8 heteroatoms. The van der Waals surface area contributed by atoms with E-state index < -0.39 is 10.9 Å². The summed E-state index contributed by atoms with van der Waals surface area (Å²) in [5.74, 6) is -0.666. The van der Waals surface area contributed by atoms with Crippen LogP contribution < -0.4 is 0 Å². The molecule has 1 aliphatic rings. The van der Waals surface area contributed by atoms with Crippen LogP contribution in [0.3, 0.4) is 0 Å². The summed E-state index contributed by atoms with van der Waals surface area (Å²) in [4.78, 5) is 30.3. The van der Waals surface area contributed by atoms with Gasteiger partial charge in [-0.25, -0.2) is 9.79 Å². The number of pyridine rings is 1. The van der Waals surface area contributed by atoms with Crippen LogP contribution in [0.2, 0.25) is 5.02 Å². The van der Waals surface area contributed by atoms with Gasteiger partial charge in [-0.1, -0.05) is 17.7 Å². The van der Waals surface area contributed by atoms with Crippen molar-refractivity contribution in [2.75, 3.05) is 0 Å². The number of hydrogen-bond donors (Lipinski definition) is 0. The molecule has 2 heterocycles. The minimum atomic E-state index is -0.650. The van der Waals surface area contributed by atoms with Crippen LogP contribution in [-0.4, -0.2) is 21.8 Å². The average molecular weight is 330 g/mol. The molecule has 2 aromatic rings. The van der Waals surface area contributed by atoms with E-state index >= 15 is 0 Å². The third-order valence-corrected chi connectivity index (χ3v) is 3.30. The fourth-order valence-corrected chi connectivity index (χ4v) is 2.11. The second-order valence-corrected chi connectivity index (χ2v) is 4.92. The number of nitro benzene ring substituents is 1. The van der Waals surface area contributed by atoms with E-state index in [0.29, 0.717) is 11.3 Å². The lowest BCUT2D eigenvalue weighted by Gasteiger charge is -2.00. The number of rotatable bonds is 3. The zero-order chi connectivity index (χ0) is 16.4. The second-order valence-electron chi connectivity index (χ2n) is 4.51. The summed E-state index contributed by atoms with van der Waals surface area (Å²) >= 11 is 5.75. The summed E-state index contributed by atoms with van der Waals surface area (Å²) in [6.45, 7) is 0. The van der Waals surface area contributed by atoms with Crippen molar-refractivity contribution >= 4 is 35.2 Å². The summed E-state index contributed by atoms with van der Waals surface area (Å²) in [5.41, 5.74) is 0.617. The van der Waals surface area contributed by atoms with Crippen LogP contribution in [0.25, 0.3) is 6.08 Å². The van der Waals surface area contributed by atoms with Crippen molar-refractivity contribution in [3.8, 4) is 0 Å². The molecule has 0 atom stereocenters. The molecule has 0 amide bonds. The highest BCUT2D eigenvalue weighted by molar-refractivity contribution is 6.32. The molecule has 0 fully saturated rings. The predicted octanol–water partition coefficient (Wildman–Crippen LogP) is 2.99. The van der Waals surface area contributed by atoms with Gasteiger partial charge in [0, 0.05) is 17.8 Å². The van der Waals surface area contributed by atoms with Crippen molar-refractivity contribution in [2.45, 2.75) is 0 Å². The number of carbonyl (C=O) groups excluding carboxylic acids is 1. The first-order chi connectivity index (χ1) is 11.0. The van der Waals surface area contributed by atoms with Gasteiger partial charge in [-0.3, -0.25) is 15.1 Å². The smallest absolute Gasteiger partial charge is 0.363 e. The van der Waals surface area contributed by atoms with Gasteiger partial charge in [0.2, 0.25) is 5.90 Å². The van der Waals surface area contributed by atoms with E-state index in [2.05, 4.69) is 9.98 Å². The quantitative estimate of drug-likeness (QED) is 0.373. The molecule has 1 aromatic carbocycles. The van der Waals surface area contributed by atoms with Gasteiger partial charge in [0.15, 0.2) is 5.70 Å².